The van der Waals surface area contributed by atoms with E-state index in [0.717, 1.165) is 24.2 Å². The number of aryl methyl sites for hydroxylation is 1. The van der Waals surface area contributed by atoms with Crippen LogP contribution in [0.2, 0.25) is 0 Å². The summed E-state index contributed by atoms with van der Waals surface area (Å²) in [7, 11) is 1.62. The van der Waals surface area contributed by atoms with Crippen molar-refractivity contribution in [3.8, 4) is 5.75 Å². The van der Waals surface area contributed by atoms with Crippen molar-refractivity contribution in [3.63, 3.8) is 0 Å². The van der Waals surface area contributed by atoms with E-state index in [9.17, 15) is 5.11 Å². The highest BCUT2D eigenvalue weighted by Gasteiger charge is 2.25. The second-order valence-corrected chi connectivity index (χ2v) is 3.71. The highest BCUT2D eigenvalue weighted by molar-refractivity contribution is 5.39. The Morgan fingerprint density at radius 2 is 2.29 bits per heavy atom. The van der Waals surface area contributed by atoms with Crippen LogP contribution in [0.15, 0.2) is 18.2 Å². The molecular formula is C11H15NO2. The summed E-state index contributed by atoms with van der Waals surface area (Å²) in [5.74, 6) is 0.775. The van der Waals surface area contributed by atoms with Crippen LogP contribution in [0, 0.1) is 0 Å². The standard InChI is InChI=1S/C11H15NO2/c1-14-8-4-2-7-3-5-10(12)11(13)9(7)6-8/h2,4,6,10-11,13H,3,5,12H2,1H3/t10-,11-/m0/s1. The second kappa shape index (κ2) is 3.59. The van der Waals surface area contributed by atoms with E-state index in [1.165, 1.54) is 5.56 Å². The molecule has 2 rings (SSSR count). The van der Waals surface area contributed by atoms with Crippen molar-refractivity contribution in [2.24, 2.45) is 5.73 Å². The van der Waals surface area contributed by atoms with Gasteiger partial charge in [-0.2, -0.15) is 0 Å². The predicted molar refractivity (Wildman–Crippen MR) is 54.3 cm³/mol. The molecule has 0 saturated carbocycles. The molecule has 2 atom stereocenters. The smallest absolute Gasteiger partial charge is 0.119 e. The zero-order chi connectivity index (χ0) is 10.1. The molecule has 1 aromatic rings. The van der Waals surface area contributed by atoms with E-state index >= 15 is 0 Å². The molecular weight excluding hydrogens is 178 g/mol. The molecule has 3 heteroatoms. The predicted octanol–water partition coefficient (Wildman–Crippen LogP) is 1.00. The first-order chi connectivity index (χ1) is 6.72. The normalized spacial score (nSPS) is 25.6. The van der Waals surface area contributed by atoms with E-state index < -0.39 is 6.10 Å². The van der Waals surface area contributed by atoms with E-state index in [1.807, 2.05) is 18.2 Å². The summed E-state index contributed by atoms with van der Waals surface area (Å²) in [6.45, 7) is 0. The van der Waals surface area contributed by atoms with Gasteiger partial charge in [0, 0.05) is 6.04 Å². The summed E-state index contributed by atoms with van der Waals surface area (Å²) < 4.78 is 5.11. The maximum absolute atomic E-state index is 9.87. The van der Waals surface area contributed by atoms with Crippen LogP contribution in [0.5, 0.6) is 5.75 Å². The molecule has 0 aromatic heterocycles. The quantitative estimate of drug-likeness (QED) is 0.699. The van der Waals surface area contributed by atoms with Gasteiger partial charge < -0.3 is 15.6 Å². The molecule has 3 N–H and O–H groups in total. The lowest BCUT2D eigenvalue weighted by molar-refractivity contribution is 0.133. The molecule has 3 nitrogen and oxygen atoms in total. The van der Waals surface area contributed by atoms with Gasteiger partial charge in [0.05, 0.1) is 13.2 Å². The third-order valence-electron chi connectivity index (χ3n) is 2.82. The lowest BCUT2D eigenvalue weighted by Crippen LogP contribution is -2.32. The van der Waals surface area contributed by atoms with Crippen LogP contribution < -0.4 is 10.5 Å². The maximum atomic E-state index is 9.87. The Hall–Kier alpha value is -1.06. The van der Waals surface area contributed by atoms with Gasteiger partial charge in [-0.3, -0.25) is 0 Å². The van der Waals surface area contributed by atoms with Crippen molar-refractivity contribution in [1.82, 2.24) is 0 Å². The molecule has 0 saturated heterocycles. The molecule has 0 aliphatic heterocycles. The van der Waals surface area contributed by atoms with Gasteiger partial charge in [0.15, 0.2) is 0 Å². The number of methoxy groups -OCH3 is 1. The Morgan fingerprint density at radius 3 is 3.00 bits per heavy atom. The maximum Gasteiger partial charge on any atom is 0.119 e. The minimum absolute atomic E-state index is 0.144. The minimum atomic E-state index is -0.547. The Balaban J connectivity index is 2.41. The third-order valence-corrected chi connectivity index (χ3v) is 2.82. The van der Waals surface area contributed by atoms with Gasteiger partial charge in [-0.05, 0) is 36.1 Å². The number of fused-ring (bicyclic) bond motifs is 1. The van der Waals surface area contributed by atoms with Gasteiger partial charge in [-0.25, -0.2) is 0 Å². The van der Waals surface area contributed by atoms with Crippen LogP contribution in [-0.4, -0.2) is 18.3 Å². The Labute approximate surface area is 83.5 Å². The molecule has 1 aromatic carbocycles. The first-order valence-electron chi connectivity index (χ1n) is 4.83. The van der Waals surface area contributed by atoms with Crippen molar-refractivity contribution in [2.45, 2.75) is 25.0 Å². The molecule has 0 amide bonds. The summed E-state index contributed by atoms with van der Waals surface area (Å²) in [6, 6.07) is 5.65. The SMILES string of the molecule is COc1ccc2c(c1)[C@H](O)[C@@H](N)CC2. The zero-order valence-corrected chi connectivity index (χ0v) is 8.23. The Kier molecular flexibility index (Phi) is 2.44. The number of hydrogen-bond acceptors (Lipinski definition) is 3. The molecule has 0 radical (unpaired) electrons. The molecule has 0 spiro atoms. The van der Waals surface area contributed by atoms with Crippen LogP contribution in [0.1, 0.15) is 23.7 Å². The molecule has 14 heavy (non-hydrogen) atoms. The van der Waals surface area contributed by atoms with E-state index in [4.69, 9.17) is 10.5 Å². The van der Waals surface area contributed by atoms with Crippen LogP contribution >= 0.6 is 0 Å². The lowest BCUT2D eigenvalue weighted by Gasteiger charge is -2.27. The number of aliphatic hydroxyl groups excluding tert-OH is 1. The highest BCUT2D eigenvalue weighted by Crippen LogP contribution is 2.31. The van der Waals surface area contributed by atoms with Crippen molar-refractivity contribution >= 4 is 0 Å². The first-order valence-corrected chi connectivity index (χ1v) is 4.83. The van der Waals surface area contributed by atoms with E-state index in [-0.39, 0.29) is 6.04 Å². The van der Waals surface area contributed by atoms with Gasteiger partial charge in [0.25, 0.3) is 0 Å². The van der Waals surface area contributed by atoms with Gasteiger partial charge in [0.1, 0.15) is 5.75 Å². The molecule has 0 bridgehead atoms. The largest absolute Gasteiger partial charge is 0.497 e. The summed E-state index contributed by atoms with van der Waals surface area (Å²) in [5.41, 5.74) is 7.89. The fourth-order valence-electron chi connectivity index (χ4n) is 1.91. The summed E-state index contributed by atoms with van der Waals surface area (Å²) in [5, 5.41) is 9.87. The van der Waals surface area contributed by atoms with Crippen molar-refractivity contribution in [3.05, 3.63) is 29.3 Å². The van der Waals surface area contributed by atoms with Crippen molar-refractivity contribution < 1.29 is 9.84 Å². The fourth-order valence-corrected chi connectivity index (χ4v) is 1.91. The average Bonchev–Trinajstić information content (AvgIpc) is 2.23. The van der Waals surface area contributed by atoms with E-state index in [2.05, 4.69) is 0 Å². The summed E-state index contributed by atoms with van der Waals surface area (Å²) in [6.07, 6.45) is 1.24. The molecule has 1 aliphatic carbocycles. The molecule has 76 valence electrons. The third kappa shape index (κ3) is 1.49. The van der Waals surface area contributed by atoms with E-state index in [1.54, 1.807) is 7.11 Å². The highest BCUT2D eigenvalue weighted by atomic mass is 16.5. The van der Waals surface area contributed by atoms with Gasteiger partial charge >= 0.3 is 0 Å². The number of rotatable bonds is 1. The number of nitrogens with two attached hydrogens (primary N) is 1. The molecule has 1 aliphatic rings. The Bertz CT molecular complexity index is 338. The van der Waals surface area contributed by atoms with Crippen LogP contribution in [0.4, 0.5) is 0 Å². The number of ether oxygens (including phenoxy) is 1. The minimum Gasteiger partial charge on any atom is -0.497 e. The van der Waals surface area contributed by atoms with Crippen molar-refractivity contribution in [2.75, 3.05) is 7.11 Å². The number of hydrogen-bond donors (Lipinski definition) is 2. The Morgan fingerprint density at radius 1 is 1.50 bits per heavy atom. The van der Waals surface area contributed by atoms with E-state index in [0.29, 0.717) is 0 Å². The number of aliphatic hydroxyl groups is 1. The number of benzene rings is 1. The molecule has 0 unspecified atom stereocenters. The van der Waals surface area contributed by atoms with Gasteiger partial charge in [-0.15, -0.1) is 0 Å². The van der Waals surface area contributed by atoms with Gasteiger partial charge in [0.2, 0.25) is 0 Å². The average molecular weight is 193 g/mol. The second-order valence-electron chi connectivity index (χ2n) is 3.71. The monoisotopic (exact) mass is 193 g/mol. The zero-order valence-electron chi connectivity index (χ0n) is 8.23. The first kappa shape index (κ1) is 9.49. The van der Waals surface area contributed by atoms with Gasteiger partial charge in [-0.1, -0.05) is 6.07 Å². The summed E-state index contributed by atoms with van der Waals surface area (Å²) in [4.78, 5) is 0. The fraction of sp³-hybridized carbons (Fsp3) is 0.455. The lowest BCUT2D eigenvalue weighted by atomic mass is 9.86. The van der Waals surface area contributed by atoms with Crippen molar-refractivity contribution in [1.29, 1.82) is 0 Å². The topological polar surface area (TPSA) is 55.5 Å². The summed E-state index contributed by atoms with van der Waals surface area (Å²) >= 11 is 0. The molecule has 0 fully saturated rings. The van der Waals surface area contributed by atoms with Crippen LogP contribution in [-0.2, 0) is 6.42 Å². The van der Waals surface area contributed by atoms with Crippen LogP contribution in [0.3, 0.4) is 0 Å². The molecule has 0 heterocycles. The van der Waals surface area contributed by atoms with Crippen LogP contribution in [0.25, 0.3) is 0 Å².